The zero-order valence-electron chi connectivity index (χ0n) is 16.5. The number of nitrogens with one attached hydrogen (secondary N) is 1. The number of ketones is 1. The number of nitrogens with zero attached hydrogens (tertiary/aromatic N) is 2. The molecule has 0 fully saturated rings. The van der Waals surface area contributed by atoms with Crippen LogP contribution in [0.4, 0.5) is 26.3 Å². The topological polar surface area (TPSA) is 70.9 Å². The predicted octanol–water partition coefficient (Wildman–Crippen LogP) is 4.74. The van der Waals surface area contributed by atoms with E-state index >= 15 is 0 Å². The maximum absolute atomic E-state index is 13.0. The SMILES string of the molecule is CC(=O)CCC(CCCC1=N[C+](c2cc(C(F)(F)F)cc(C(F)(F)F)c2)C=N1)NC=O. The van der Waals surface area contributed by atoms with Gasteiger partial charge in [0.15, 0.2) is 6.04 Å². The van der Waals surface area contributed by atoms with Gasteiger partial charge in [0.05, 0.1) is 11.1 Å². The normalized spacial score (nSPS) is 15.1. The summed E-state index contributed by atoms with van der Waals surface area (Å²) in [6.07, 6.45) is -6.14. The van der Waals surface area contributed by atoms with E-state index in [0.717, 1.165) is 6.21 Å². The van der Waals surface area contributed by atoms with E-state index in [-0.39, 0.29) is 35.3 Å². The lowest BCUT2D eigenvalue weighted by atomic mass is 10.0. The highest BCUT2D eigenvalue weighted by Gasteiger charge is 2.40. The summed E-state index contributed by atoms with van der Waals surface area (Å²) >= 11 is 0. The minimum Gasteiger partial charge on any atom is -0.356 e. The van der Waals surface area contributed by atoms with Gasteiger partial charge in [0.25, 0.3) is 0 Å². The first-order valence-electron chi connectivity index (χ1n) is 9.37. The van der Waals surface area contributed by atoms with Crippen molar-refractivity contribution in [1.82, 2.24) is 5.32 Å². The fourth-order valence-corrected chi connectivity index (χ4v) is 2.99. The number of amides is 1. The molecular formula is C20H20F6N3O2+. The van der Waals surface area contributed by atoms with E-state index in [0.29, 0.717) is 50.6 Å². The van der Waals surface area contributed by atoms with Crippen molar-refractivity contribution < 1.29 is 35.9 Å². The lowest BCUT2D eigenvalue weighted by Gasteiger charge is -2.14. The summed E-state index contributed by atoms with van der Waals surface area (Å²) in [6, 6.07) is 0.949. The minimum absolute atomic E-state index is 0.0129. The molecule has 31 heavy (non-hydrogen) atoms. The van der Waals surface area contributed by atoms with Crippen LogP contribution < -0.4 is 5.32 Å². The number of rotatable bonds is 10. The Morgan fingerprint density at radius 3 is 2.23 bits per heavy atom. The summed E-state index contributed by atoms with van der Waals surface area (Å²) in [6.45, 7) is 1.44. The van der Waals surface area contributed by atoms with Gasteiger partial charge in [0, 0.05) is 31.0 Å². The van der Waals surface area contributed by atoms with E-state index in [1.807, 2.05) is 0 Å². The molecule has 0 aliphatic carbocycles. The largest absolute Gasteiger partial charge is 0.425 e. The van der Waals surface area contributed by atoms with Gasteiger partial charge in [-0.05, 0) is 32.3 Å². The predicted molar refractivity (Wildman–Crippen MR) is 101 cm³/mol. The van der Waals surface area contributed by atoms with Gasteiger partial charge in [-0.2, -0.15) is 31.3 Å². The van der Waals surface area contributed by atoms with Crippen LogP contribution in [0.2, 0.25) is 0 Å². The van der Waals surface area contributed by atoms with Crippen molar-refractivity contribution >= 4 is 24.2 Å². The number of carbonyl (C=O) groups is 2. The molecule has 0 saturated carbocycles. The van der Waals surface area contributed by atoms with Gasteiger partial charge >= 0.3 is 12.4 Å². The molecule has 0 saturated heterocycles. The van der Waals surface area contributed by atoms with Crippen LogP contribution in [0, 0.1) is 6.04 Å². The quantitative estimate of drug-likeness (QED) is 0.319. The smallest absolute Gasteiger partial charge is 0.356 e. The Labute approximate surface area is 174 Å². The highest BCUT2D eigenvalue weighted by atomic mass is 19.4. The summed E-state index contributed by atoms with van der Waals surface area (Å²) in [5.74, 6) is 0.249. The van der Waals surface area contributed by atoms with Gasteiger partial charge in [-0.3, -0.25) is 4.79 Å². The third-order valence-corrected chi connectivity index (χ3v) is 4.57. The maximum Gasteiger partial charge on any atom is 0.425 e. The average Bonchev–Trinajstić information content (AvgIpc) is 3.13. The standard InChI is InChI=1S/C20H19F6N3O2/c1-12(31)5-6-16(28-11-30)3-2-4-18-27-10-17(29-18)13-7-14(19(21,22)23)9-15(8-13)20(24,25)26/h7-11,16H,2-6H2,1H3/p+1. The van der Waals surface area contributed by atoms with Crippen molar-refractivity contribution in [3.8, 4) is 0 Å². The fourth-order valence-electron chi connectivity index (χ4n) is 2.99. The van der Waals surface area contributed by atoms with Crippen molar-refractivity contribution in [1.29, 1.82) is 0 Å². The van der Waals surface area contributed by atoms with Crippen LogP contribution >= 0.6 is 0 Å². The van der Waals surface area contributed by atoms with Crippen LogP contribution in [0.1, 0.15) is 55.7 Å². The Bertz CT molecular complexity index is 829. The average molecular weight is 448 g/mol. The molecule has 168 valence electrons. The van der Waals surface area contributed by atoms with Crippen LogP contribution in [-0.4, -0.2) is 30.3 Å². The van der Waals surface area contributed by atoms with Crippen molar-refractivity contribution in [2.24, 2.45) is 9.98 Å². The van der Waals surface area contributed by atoms with E-state index < -0.39 is 23.5 Å². The van der Waals surface area contributed by atoms with Crippen LogP contribution in [-0.2, 0) is 21.9 Å². The number of halogens is 6. The summed E-state index contributed by atoms with van der Waals surface area (Å²) < 4.78 is 78.1. The van der Waals surface area contributed by atoms with Crippen molar-refractivity contribution in [2.75, 3.05) is 0 Å². The molecule has 5 nitrogen and oxygen atoms in total. The van der Waals surface area contributed by atoms with E-state index in [1.54, 1.807) is 0 Å². The zero-order valence-corrected chi connectivity index (χ0v) is 16.5. The molecular weight excluding hydrogens is 428 g/mol. The molecule has 1 aromatic carbocycles. The van der Waals surface area contributed by atoms with E-state index in [4.69, 9.17) is 0 Å². The van der Waals surface area contributed by atoms with Gasteiger partial charge in [-0.25, -0.2) is 0 Å². The number of amidine groups is 1. The molecule has 1 aromatic rings. The number of aliphatic imine (C=N–C) groups is 2. The van der Waals surface area contributed by atoms with E-state index in [1.165, 1.54) is 6.92 Å². The lowest BCUT2D eigenvalue weighted by molar-refractivity contribution is -0.143. The summed E-state index contributed by atoms with van der Waals surface area (Å²) in [4.78, 5) is 29.8. The second-order valence-corrected chi connectivity index (χ2v) is 7.08. The Hall–Kier alpha value is -2.85. The lowest BCUT2D eigenvalue weighted by Crippen LogP contribution is -2.28. The summed E-state index contributed by atoms with van der Waals surface area (Å²) in [7, 11) is 0. The molecule has 1 aliphatic heterocycles. The number of benzene rings is 1. The number of hydrogen-bond acceptors (Lipinski definition) is 4. The number of alkyl halides is 6. The molecule has 11 heteroatoms. The van der Waals surface area contributed by atoms with Crippen LogP contribution in [0.3, 0.4) is 0 Å². The minimum atomic E-state index is -4.95. The van der Waals surface area contributed by atoms with Crippen LogP contribution in [0.15, 0.2) is 28.2 Å². The molecule has 0 bridgehead atoms. The first-order chi connectivity index (χ1) is 14.4. The number of carbonyl (C=O) groups excluding carboxylic acids is 2. The zero-order chi connectivity index (χ0) is 23.2. The van der Waals surface area contributed by atoms with Crippen molar-refractivity contribution in [3.05, 3.63) is 40.9 Å². The van der Waals surface area contributed by atoms with Crippen molar-refractivity contribution in [3.63, 3.8) is 0 Å². The Morgan fingerprint density at radius 2 is 1.71 bits per heavy atom. The van der Waals surface area contributed by atoms with Crippen LogP contribution in [0.5, 0.6) is 0 Å². The number of Topliss-reactive ketones (excluding diaryl/α,β-unsaturated/α-hetero) is 1. The Balaban J connectivity index is 2.08. The molecule has 1 aliphatic rings. The molecule has 1 amide bonds. The summed E-state index contributed by atoms with van der Waals surface area (Å²) in [5.41, 5.74) is -3.17. The van der Waals surface area contributed by atoms with Gasteiger partial charge < -0.3 is 10.1 Å². The number of hydrogen-bond donors (Lipinski definition) is 1. The molecule has 0 radical (unpaired) electrons. The Kier molecular flexibility index (Phi) is 7.85. The van der Waals surface area contributed by atoms with E-state index in [2.05, 4.69) is 15.3 Å². The Morgan fingerprint density at radius 1 is 1.10 bits per heavy atom. The second kappa shape index (κ2) is 9.97. The third kappa shape index (κ3) is 7.41. The molecule has 2 rings (SSSR count). The first-order valence-corrected chi connectivity index (χ1v) is 9.37. The van der Waals surface area contributed by atoms with Gasteiger partial charge in [-0.1, -0.05) is 0 Å². The second-order valence-electron chi connectivity index (χ2n) is 7.08. The molecule has 0 spiro atoms. The molecule has 1 unspecified atom stereocenters. The molecule has 1 N–H and O–H groups in total. The molecule has 1 atom stereocenters. The third-order valence-electron chi connectivity index (χ3n) is 4.57. The van der Waals surface area contributed by atoms with E-state index in [9.17, 15) is 35.9 Å². The first kappa shape index (κ1) is 24.4. The van der Waals surface area contributed by atoms with Gasteiger partial charge in [-0.15, -0.1) is 4.99 Å². The monoisotopic (exact) mass is 448 g/mol. The highest BCUT2D eigenvalue weighted by molar-refractivity contribution is 6.01. The summed E-state index contributed by atoms with van der Waals surface area (Å²) in [5, 5.41) is 2.61. The molecule has 1 heterocycles. The highest BCUT2D eigenvalue weighted by Crippen LogP contribution is 2.38. The van der Waals surface area contributed by atoms with Crippen molar-refractivity contribution in [2.45, 2.75) is 57.4 Å². The van der Waals surface area contributed by atoms with Gasteiger partial charge in [0.2, 0.25) is 12.2 Å². The molecule has 0 aromatic heterocycles. The van der Waals surface area contributed by atoms with Gasteiger partial charge in [0.1, 0.15) is 17.6 Å². The fraction of sp³-hybridized carbons (Fsp3) is 0.450. The maximum atomic E-state index is 13.0. The van der Waals surface area contributed by atoms with Crippen LogP contribution in [0.25, 0.3) is 0 Å².